The maximum Gasteiger partial charge on any atom is 0.433 e. The van der Waals surface area contributed by atoms with Crippen LogP contribution in [0.15, 0.2) is 18.2 Å². The zero-order valence-corrected chi connectivity index (χ0v) is 10.7. The molecular formula is C12H15F3N2O3. The van der Waals surface area contributed by atoms with Gasteiger partial charge in [-0.25, -0.2) is 4.98 Å². The summed E-state index contributed by atoms with van der Waals surface area (Å²) in [6.45, 7) is 1.39. The number of rotatable bonds is 5. The lowest BCUT2D eigenvalue weighted by molar-refractivity contribution is -0.141. The Morgan fingerprint density at radius 2 is 2.05 bits per heavy atom. The molecule has 0 aromatic carbocycles. The molecule has 1 amide bonds. The van der Waals surface area contributed by atoms with Gasteiger partial charge in [0.2, 0.25) is 5.91 Å². The molecule has 3 N–H and O–H groups in total. The Balaban J connectivity index is 2.71. The number of aromatic nitrogens is 1. The Morgan fingerprint density at radius 3 is 2.60 bits per heavy atom. The van der Waals surface area contributed by atoms with Crippen molar-refractivity contribution in [1.82, 2.24) is 10.3 Å². The molecule has 112 valence electrons. The minimum atomic E-state index is -4.61. The Kier molecular flexibility index (Phi) is 5.46. The van der Waals surface area contributed by atoms with Gasteiger partial charge in [-0.3, -0.25) is 4.79 Å². The molecule has 0 saturated carbocycles. The zero-order chi connectivity index (χ0) is 15.3. The van der Waals surface area contributed by atoms with Gasteiger partial charge in [0.15, 0.2) is 0 Å². The van der Waals surface area contributed by atoms with E-state index in [1.165, 1.54) is 13.0 Å². The Hall–Kier alpha value is -1.67. The Bertz CT molecular complexity index is 466. The van der Waals surface area contributed by atoms with Crippen LogP contribution < -0.4 is 5.32 Å². The smallest absolute Gasteiger partial charge is 0.390 e. The number of alkyl halides is 3. The molecule has 2 unspecified atom stereocenters. The van der Waals surface area contributed by atoms with Gasteiger partial charge in [0.1, 0.15) is 11.8 Å². The number of aliphatic hydroxyl groups excluding tert-OH is 2. The fraction of sp³-hybridized carbons (Fsp3) is 0.500. The molecule has 0 aliphatic heterocycles. The van der Waals surface area contributed by atoms with E-state index in [1.807, 2.05) is 0 Å². The monoisotopic (exact) mass is 292 g/mol. The van der Waals surface area contributed by atoms with Crippen LogP contribution in [0.4, 0.5) is 13.2 Å². The average molecular weight is 292 g/mol. The minimum absolute atomic E-state index is 0.00132. The molecule has 1 heterocycles. The molecule has 1 rings (SSSR count). The van der Waals surface area contributed by atoms with Crippen LogP contribution in [0, 0.1) is 0 Å². The standard InChI is InChI=1S/C12H15F3N2O3/c1-7(18)16-6-5-9(19)11(20)8-3-2-4-10(17-8)12(13,14)15/h2-4,9,11,19-20H,5-6H2,1H3,(H,16,18). The number of halogens is 3. The third-order valence-electron chi connectivity index (χ3n) is 2.54. The summed E-state index contributed by atoms with van der Waals surface area (Å²) in [5.41, 5.74) is -1.40. The summed E-state index contributed by atoms with van der Waals surface area (Å²) in [6, 6.07) is 3.08. The summed E-state index contributed by atoms with van der Waals surface area (Å²) in [5.74, 6) is -0.302. The predicted molar refractivity (Wildman–Crippen MR) is 63.5 cm³/mol. The van der Waals surface area contributed by atoms with E-state index < -0.39 is 24.1 Å². The van der Waals surface area contributed by atoms with Crippen LogP contribution in [0.2, 0.25) is 0 Å². The van der Waals surface area contributed by atoms with Crippen LogP contribution in [-0.2, 0) is 11.0 Å². The van der Waals surface area contributed by atoms with Crippen LogP contribution in [0.25, 0.3) is 0 Å². The summed E-state index contributed by atoms with van der Waals surface area (Å²) in [6.07, 6.45) is -7.49. The van der Waals surface area contributed by atoms with E-state index in [0.29, 0.717) is 0 Å². The molecule has 2 atom stereocenters. The Labute approximate surface area is 113 Å². The van der Waals surface area contributed by atoms with Gasteiger partial charge in [-0.2, -0.15) is 13.2 Å². The Morgan fingerprint density at radius 1 is 1.40 bits per heavy atom. The van der Waals surface area contributed by atoms with Crippen molar-refractivity contribution in [2.45, 2.75) is 31.7 Å². The summed E-state index contributed by atoms with van der Waals surface area (Å²) >= 11 is 0. The van der Waals surface area contributed by atoms with E-state index in [0.717, 1.165) is 12.1 Å². The van der Waals surface area contributed by atoms with Gasteiger partial charge in [0, 0.05) is 13.5 Å². The normalized spacial score (nSPS) is 14.7. The topological polar surface area (TPSA) is 82.5 Å². The van der Waals surface area contributed by atoms with Gasteiger partial charge in [-0.15, -0.1) is 0 Å². The first kappa shape index (κ1) is 16.4. The van der Waals surface area contributed by atoms with E-state index in [-0.39, 0.29) is 24.6 Å². The molecule has 1 aromatic rings. The van der Waals surface area contributed by atoms with Crippen molar-refractivity contribution in [1.29, 1.82) is 0 Å². The molecule has 0 radical (unpaired) electrons. The van der Waals surface area contributed by atoms with Gasteiger partial charge in [-0.1, -0.05) is 6.07 Å². The second-order valence-corrected chi connectivity index (χ2v) is 4.23. The lowest BCUT2D eigenvalue weighted by Gasteiger charge is -2.18. The van der Waals surface area contributed by atoms with Crippen molar-refractivity contribution in [3.05, 3.63) is 29.6 Å². The quantitative estimate of drug-likeness (QED) is 0.757. The first-order valence-corrected chi connectivity index (χ1v) is 5.86. The van der Waals surface area contributed by atoms with Gasteiger partial charge in [0.05, 0.1) is 11.8 Å². The molecule has 0 fully saturated rings. The maximum absolute atomic E-state index is 12.5. The predicted octanol–water partition coefficient (Wildman–Crippen LogP) is 1.02. The van der Waals surface area contributed by atoms with E-state index in [4.69, 9.17) is 0 Å². The molecular weight excluding hydrogens is 277 g/mol. The molecule has 1 aromatic heterocycles. The van der Waals surface area contributed by atoms with Crippen LogP contribution in [0.1, 0.15) is 30.8 Å². The number of nitrogens with one attached hydrogen (secondary N) is 1. The molecule has 0 bridgehead atoms. The summed E-state index contributed by atoms with van der Waals surface area (Å²) in [5, 5.41) is 21.8. The molecule has 0 saturated heterocycles. The largest absolute Gasteiger partial charge is 0.433 e. The van der Waals surface area contributed by atoms with E-state index in [9.17, 15) is 28.2 Å². The fourth-order valence-corrected chi connectivity index (χ4v) is 1.53. The zero-order valence-electron chi connectivity index (χ0n) is 10.7. The van der Waals surface area contributed by atoms with Crippen LogP contribution in [-0.4, -0.2) is 33.8 Å². The second-order valence-electron chi connectivity index (χ2n) is 4.23. The number of carbonyl (C=O) groups is 1. The molecule has 0 aliphatic carbocycles. The number of aliphatic hydroxyl groups is 2. The molecule has 20 heavy (non-hydrogen) atoms. The summed E-state index contributed by atoms with van der Waals surface area (Å²) in [4.78, 5) is 13.9. The SMILES string of the molecule is CC(=O)NCCC(O)C(O)c1cccc(C(F)(F)F)n1. The van der Waals surface area contributed by atoms with Crippen molar-refractivity contribution in [3.63, 3.8) is 0 Å². The first-order chi connectivity index (χ1) is 9.21. The highest BCUT2D eigenvalue weighted by molar-refractivity contribution is 5.72. The molecule has 5 nitrogen and oxygen atoms in total. The maximum atomic E-state index is 12.5. The van der Waals surface area contributed by atoms with E-state index in [2.05, 4.69) is 10.3 Å². The van der Waals surface area contributed by atoms with Gasteiger partial charge >= 0.3 is 6.18 Å². The highest BCUT2D eigenvalue weighted by Crippen LogP contribution is 2.28. The van der Waals surface area contributed by atoms with Gasteiger partial charge in [-0.05, 0) is 18.6 Å². The number of nitrogens with zero attached hydrogens (tertiary/aromatic N) is 1. The van der Waals surface area contributed by atoms with Crippen LogP contribution >= 0.6 is 0 Å². The molecule has 0 spiro atoms. The number of amides is 1. The van der Waals surface area contributed by atoms with Crippen LogP contribution in [0.3, 0.4) is 0 Å². The highest BCUT2D eigenvalue weighted by Gasteiger charge is 2.33. The number of pyridine rings is 1. The highest BCUT2D eigenvalue weighted by atomic mass is 19.4. The lowest BCUT2D eigenvalue weighted by atomic mass is 10.1. The summed E-state index contributed by atoms with van der Waals surface area (Å²) in [7, 11) is 0. The van der Waals surface area contributed by atoms with Gasteiger partial charge < -0.3 is 15.5 Å². The minimum Gasteiger partial charge on any atom is -0.390 e. The number of hydrogen-bond donors (Lipinski definition) is 3. The third-order valence-corrected chi connectivity index (χ3v) is 2.54. The second kappa shape index (κ2) is 6.67. The van der Waals surface area contributed by atoms with Crippen molar-refractivity contribution < 1.29 is 28.2 Å². The van der Waals surface area contributed by atoms with Crippen LogP contribution in [0.5, 0.6) is 0 Å². The van der Waals surface area contributed by atoms with Crippen molar-refractivity contribution in [2.75, 3.05) is 6.54 Å². The summed E-state index contributed by atoms with van der Waals surface area (Å²) < 4.78 is 37.4. The van der Waals surface area contributed by atoms with Crippen molar-refractivity contribution in [2.24, 2.45) is 0 Å². The van der Waals surface area contributed by atoms with E-state index in [1.54, 1.807) is 0 Å². The van der Waals surface area contributed by atoms with E-state index >= 15 is 0 Å². The fourth-order valence-electron chi connectivity index (χ4n) is 1.53. The molecule has 8 heteroatoms. The third kappa shape index (κ3) is 4.78. The average Bonchev–Trinajstić information content (AvgIpc) is 2.36. The van der Waals surface area contributed by atoms with Crippen molar-refractivity contribution in [3.8, 4) is 0 Å². The van der Waals surface area contributed by atoms with Crippen molar-refractivity contribution >= 4 is 5.91 Å². The van der Waals surface area contributed by atoms with Gasteiger partial charge in [0.25, 0.3) is 0 Å². The first-order valence-electron chi connectivity index (χ1n) is 5.86. The molecule has 0 aliphatic rings. The number of carbonyl (C=O) groups excluding carboxylic acids is 1. The lowest BCUT2D eigenvalue weighted by Crippen LogP contribution is -2.28. The number of hydrogen-bond acceptors (Lipinski definition) is 4.